The molecule has 2 rings (SSSR count). The summed E-state index contributed by atoms with van der Waals surface area (Å²) in [5.41, 5.74) is 0.468. The number of ether oxygens (including phenoxy) is 6. The number of hydrogen-bond donors (Lipinski definition) is 0. The number of hydrogen-bond acceptors (Lipinski definition) is 12. The van der Waals surface area contributed by atoms with E-state index in [4.69, 9.17) is 18.9 Å². The third-order valence-electron chi connectivity index (χ3n) is 9.19. The molecule has 2 aliphatic rings. The summed E-state index contributed by atoms with van der Waals surface area (Å²) in [6.45, 7) is 44.1. The van der Waals surface area contributed by atoms with Crippen LogP contribution in [0.25, 0.3) is 0 Å². The molecule has 12 heteroatoms. The van der Waals surface area contributed by atoms with Gasteiger partial charge in [0.2, 0.25) is 0 Å². The Balaban J connectivity index is -0.000000315. The lowest BCUT2D eigenvalue weighted by Crippen LogP contribution is -2.38. The summed E-state index contributed by atoms with van der Waals surface area (Å²) < 4.78 is 28.5. The molecule has 0 aromatic carbocycles. The van der Waals surface area contributed by atoms with Gasteiger partial charge >= 0.3 is 35.8 Å². The van der Waals surface area contributed by atoms with Crippen molar-refractivity contribution in [3.63, 3.8) is 0 Å². The van der Waals surface area contributed by atoms with Crippen LogP contribution in [0.4, 0.5) is 0 Å². The van der Waals surface area contributed by atoms with Crippen LogP contribution in [0.2, 0.25) is 0 Å². The summed E-state index contributed by atoms with van der Waals surface area (Å²) >= 11 is 0. The van der Waals surface area contributed by atoms with E-state index in [1.54, 1.807) is 13.8 Å². The molecular weight excluding hydrogens is 757 g/mol. The van der Waals surface area contributed by atoms with Crippen molar-refractivity contribution in [1.82, 2.24) is 0 Å². The molecule has 0 spiro atoms. The van der Waals surface area contributed by atoms with Gasteiger partial charge in [-0.1, -0.05) is 102 Å². The third-order valence-corrected chi connectivity index (χ3v) is 9.19. The molecule has 0 N–H and O–H groups in total. The standard InChI is InChI=1S/C13H20O2.C9H16O2.C8H14O2.C7H12O2.C6H10O2.C4H6O2/c1-5-11(14)15-10-8-9-6-7-13(10,4)12(9,2)3;1-4-9(10)11-7-5-6-8(2)3;1-4-8(9)10-6-5-7(2)3;1-4-7(8)9-5-6(2)3;1-4-6(7)8-5(2)3;1-3-4(5)6-2/h5,9-10H,1,6-8H2,2-4H3;4,8H,1,5-7H2,2-3H3;4,7H,1,5-6H2,2-3H3;4,6H,1,5H2,2-3H3;4-5H,1H2,2-3H3;3H,1H2,2H3. The number of carbonyl (C=O) groups excluding carboxylic acids is 6. The molecule has 3 unspecified atom stereocenters. The van der Waals surface area contributed by atoms with Crippen molar-refractivity contribution in [2.45, 2.75) is 127 Å². The van der Waals surface area contributed by atoms with Gasteiger partial charge in [-0.25, -0.2) is 28.8 Å². The molecule has 0 aromatic rings. The van der Waals surface area contributed by atoms with E-state index in [1.807, 2.05) is 13.8 Å². The van der Waals surface area contributed by atoms with Gasteiger partial charge in [0, 0.05) is 41.9 Å². The summed E-state index contributed by atoms with van der Waals surface area (Å²) in [5.74, 6) is 0.340. The average molecular weight is 835 g/mol. The van der Waals surface area contributed by atoms with E-state index in [9.17, 15) is 28.8 Å². The lowest BCUT2D eigenvalue weighted by molar-refractivity contribution is -0.150. The van der Waals surface area contributed by atoms with Crippen LogP contribution in [0.3, 0.4) is 0 Å². The van der Waals surface area contributed by atoms with Crippen molar-refractivity contribution in [3.8, 4) is 0 Å². The van der Waals surface area contributed by atoms with E-state index in [0.29, 0.717) is 48.9 Å². The molecule has 0 amide bonds. The van der Waals surface area contributed by atoms with Crippen LogP contribution in [-0.4, -0.2) is 75.0 Å². The first-order chi connectivity index (χ1) is 27.4. The van der Waals surface area contributed by atoms with Crippen molar-refractivity contribution in [3.05, 3.63) is 75.9 Å². The second-order valence-corrected chi connectivity index (χ2v) is 15.8. The van der Waals surface area contributed by atoms with E-state index in [0.717, 1.165) is 37.8 Å². The molecule has 59 heavy (non-hydrogen) atoms. The molecule has 338 valence electrons. The van der Waals surface area contributed by atoms with Crippen LogP contribution in [0.5, 0.6) is 0 Å². The van der Waals surface area contributed by atoms with Gasteiger partial charge < -0.3 is 28.4 Å². The van der Waals surface area contributed by atoms with Crippen molar-refractivity contribution < 1.29 is 57.2 Å². The molecule has 0 saturated heterocycles. The molecule has 2 bridgehead atoms. The Labute approximate surface area is 356 Å². The molecule has 2 saturated carbocycles. The Bertz CT molecular complexity index is 1310. The van der Waals surface area contributed by atoms with Gasteiger partial charge in [-0.2, -0.15) is 0 Å². The maximum absolute atomic E-state index is 11.3. The molecule has 2 aliphatic carbocycles. The van der Waals surface area contributed by atoms with Gasteiger partial charge in [0.25, 0.3) is 0 Å². The second-order valence-electron chi connectivity index (χ2n) is 15.8. The molecule has 2 fully saturated rings. The third kappa shape index (κ3) is 31.9. The van der Waals surface area contributed by atoms with Gasteiger partial charge in [0.1, 0.15) is 6.10 Å². The Hall–Kier alpha value is -4.74. The molecular formula is C47H78O12. The summed E-state index contributed by atoms with van der Waals surface area (Å²) in [5, 5.41) is 0. The van der Waals surface area contributed by atoms with Crippen molar-refractivity contribution in [1.29, 1.82) is 0 Å². The first-order valence-electron chi connectivity index (χ1n) is 20.1. The van der Waals surface area contributed by atoms with Crippen molar-refractivity contribution in [2.75, 3.05) is 26.9 Å². The number of carbonyl (C=O) groups is 6. The van der Waals surface area contributed by atoms with Gasteiger partial charge in [-0.15, -0.1) is 0 Å². The predicted octanol–water partition coefficient (Wildman–Crippen LogP) is 9.68. The first kappa shape index (κ1) is 60.9. The lowest BCUT2D eigenvalue weighted by Gasteiger charge is -2.38. The topological polar surface area (TPSA) is 158 Å². The Morgan fingerprint density at radius 2 is 1.03 bits per heavy atom. The smallest absolute Gasteiger partial charge is 0.330 e. The van der Waals surface area contributed by atoms with Gasteiger partial charge in [0.15, 0.2) is 0 Å². The van der Waals surface area contributed by atoms with Crippen molar-refractivity contribution >= 4 is 35.8 Å². The van der Waals surface area contributed by atoms with E-state index in [-0.39, 0.29) is 47.5 Å². The lowest BCUT2D eigenvalue weighted by atomic mass is 9.70. The SMILES string of the molecule is C=CC(=O)OC.C=CC(=O)OC(C)C.C=CC(=O)OC1CC2CCC1(C)C2(C)C.C=CC(=O)OCC(C)C.C=CC(=O)OCCC(C)C.C=CC(=O)OCCCC(C)C. The van der Waals surface area contributed by atoms with Crippen LogP contribution in [0.1, 0.15) is 115 Å². The Kier molecular flexibility index (Phi) is 36.4. The highest BCUT2D eigenvalue weighted by atomic mass is 16.6. The molecule has 0 heterocycles. The Morgan fingerprint density at radius 1 is 0.593 bits per heavy atom. The number of esters is 6. The van der Waals surface area contributed by atoms with Gasteiger partial charge in [0.05, 0.1) is 33.0 Å². The van der Waals surface area contributed by atoms with Crippen molar-refractivity contribution in [2.24, 2.45) is 34.5 Å². The zero-order chi connectivity index (χ0) is 46.8. The minimum Gasteiger partial charge on any atom is -0.466 e. The molecule has 12 nitrogen and oxygen atoms in total. The van der Waals surface area contributed by atoms with Crippen LogP contribution in [0.15, 0.2) is 75.9 Å². The monoisotopic (exact) mass is 835 g/mol. The average Bonchev–Trinajstić information content (AvgIpc) is 3.52. The fourth-order valence-corrected chi connectivity index (χ4v) is 5.35. The quantitative estimate of drug-likeness (QED) is 0.0592. The number of rotatable bonds is 17. The highest BCUT2D eigenvalue weighted by molar-refractivity contribution is 5.82. The van der Waals surface area contributed by atoms with Crippen LogP contribution in [0, 0.1) is 34.5 Å². The predicted molar refractivity (Wildman–Crippen MR) is 235 cm³/mol. The van der Waals surface area contributed by atoms with Crippen LogP contribution >= 0.6 is 0 Å². The largest absolute Gasteiger partial charge is 0.466 e. The molecule has 0 aliphatic heterocycles. The first-order valence-corrected chi connectivity index (χ1v) is 20.1. The number of methoxy groups -OCH3 is 1. The zero-order valence-corrected chi connectivity index (χ0v) is 38.4. The van der Waals surface area contributed by atoms with Crippen LogP contribution in [-0.2, 0) is 57.2 Å². The highest BCUT2D eigenvalue weighted by Gasteiger charge is 2.62. The minimum absolute atomic E-state index is 0.0412. The van der Waals surface area contributed by atoms with Gasteiger partial charge in [-0.3, -0.25) is 0 Å². The van der Waals surface area contributed by atoms with E-state index in [1.165, 1.54) is 44.3 Å². The maximum atomic E-state index is 11.3. The highest BCUT2D eigenvalue weighted by Crippen LogP contribution is 2.66. The summed E-state index contributed by atoms with van der Waals surface area (Å²) in [7, 11) is 1.31. The second kappa shape index (κ2) is 35.2. The van der Waals surface area contributed by atoms with Gasteiger partial charge in [-0.05, 0) is 81.5 Å². The minimum atomic E-state index is -0.394. The zero-order valence-electron chi connectivity index (χ0n) is 38.4. The number of fused-ring (bicyclic) bond motifs is 2. The molecule has 0 radical (unpaired) electrons. The maximum Gasteiger partial charge on any atom is 0.330 e. The summed E-state index contributed by atoms with van der Waals surface area (Å²) in [6, 6.07) is 0. The normalized spacial score (nSPS) is 17.3. The Morgan fingerprint density at radius 3 is 1.34 bits per heavy atom. The van der Waals surface area contributed by atoms with E-state index < -0.39 is 5.97 Å². The fraction of sp³-hybridized carbons (Fsp3) is 0.617. The summed E-state index contributed by atoms with van der Waals surface area (Å²) in [6.07, 6.45) is 13.6. The van der Waals surface area contributed by atoms with Crippen LogP contribution < -0.4 is 0 Å². The van der Waals surface area contributed by atoms with E-state index in [2.05, 4.69) is 97.4 Å². The summed E-state index contributed by atoms with van der Waals surface area (Å²) in [4.78, 5) is 62.7. The fourth-order valence-electron chi connectivity index (χ4n) is 5.35. The van der Waals surface area contributed by atoms with E-state index >= 15 is 0 Å². The molecule has 3 atom stereocenters. The molecule has 0 aromatic heterocycles.